The maximum absolute atomic E-state index is 13.3. The number of rotatable bonds is 50. The lowest BCUT2D eigenvalue weighted by Crippen LogP contribution is -2.65. The van der Waals surface area contributed by atoms with Crippen LogP contribution in [0.25, 0.3) is 0 Å². The average Bonchev–Trinajstić information content (AvgIpc) is 2.31. The first kappa shape index (κ1) is 78.4. The first-order valence-corrected chi connectivity index (χ1v) is 32.9. The van der Waals surface area contributed by atoms with E-state index < -0.39 is 86.8 Å². The Morgan fingerprint density at radius 3 is 1.26 bits per heavy atom. The molecule has 0 aromatic rings. The number of nitrogens with one attached hydrogen (secondary N) is 1. The molecule has 0 saturated carbocycles. The highest BCUT2D eigenvalue weighted by atomic mass is 16.7. The minimum Gasteiger partial charge on any atom is -0.394 e. The molecule has 0 aromatic heterocycles. The zero-order chi connectivity index (χ0) is 63.1. The lowest BCUT2D eigenvalue weighted by atomic mass is 9.97. The van der Waals surface area contributed by atoms with Crippen molar-refractivity contribution >= 4 is 5.91 Å². The quantitative estimate of drug-likeness (QED) is 0.0204. The van der Waals surface area contributed by atoms with Crippen molar-refractivity contribution in [2.45, 2.75) is 261 Å². The monoisotopic (exact) mass is 1210 g/mol. The van der Waals surface area contributed by atoms with Gasteiger partial charge >= 0.3 is 0 Å². The number of aliphatic hydroxyl groups is 8. The molecule has 12 unspecified atom stereocenters. The standard InChI is InChI=1S/C73H115NO13/c1-3-5-7-9-11-13-15-17-18-19-20-21-22-23-24-25-26-27-28-29-30-31-32-33-34-35-36-37-38-39-40-41-42-43-44-45-47-49-51-53-55-57-65(78)74-61(62(77)56-54-52-50-48-46-16-14-12-10-8-6-4-2)60-84-72-70(83)68(81)71(64(59-76)86-72)87-73-69(82)67(80)66(79)63(58-75)85-73/h5,7,10-13,17-18,20-21,23-24,26-27,29-30,32-33,35-36,38-39,41-42,46,48,54,56,61-64,66-73,75-77,79-83H,3-4,6,8-9,14-16,19,22,25,28,31,34,37,40,43-45,47,49-53,55,57-60H2,1-2H3,(H,74,78)/b7-5-,12-10+,13-11-,18-17-,21-20-,24-23-,27-26-,30-29-,33-32-,36-35-,39-38-,42-41-,48-46+,56-54+. The second kappa shape index (κ2) is 55.4. The fraction of sp³-hybridized carbons (Fsp3) is 0.603. The zero-order valence-electron chi connectivity index (χ0n) is 52.9. The van der Waals surface area contributed by atoms with Crippen molar-refractivity contribution < 1.29 is 64.6 Å². The molecule has 2 fully saturated rings. The average molecular weight is 1210 g/mol. The lowest BCUT2D eigenvalue weighted by Gasteiger charge is -2.46. The smallest absolute Gasteiger partial charge is 0.220 e. The molecule has 0 bridgehead atoms. The van der Waals surface area contributed by atoms with Gasteiger partial charge in [0.05, 0.1) is 32.0 Å². The van der Waals surface area contributed by atoms with Crippen LogP contribution in [0.5, 0.6) is 0 Å². The molecule has 1 amide bonds. The summed E-state index contributed by atoms with van der Waals surface area (Å²) in [4.78, 5) is 13.3. The van der Waals surface area contributed by atoms with Crippen LogP contribution in [0.3, 0.4) is 0 Å². The van der Waals surface area contributed by atoms with Gasteiger partial charge in [0.1, 0.15) is 48.8 Å². The number of amides is 1. The molecule has 14 heteroatoms. The number of ether oxygens (including phenoxy) is 4. The molecule has 12 atom stereocenters. The van der Waals surface area contributed by atoms with Crippen molar-refractivity contribution in [3.8, 4) is 0 Å². The summed E-state index contributed by atoms with van der Waals surface area (Å²) in [6.07, 6.45) is 69.9. The predicted octanol–water partition coefficient (Wildman–Crippen LogP) is 12.8. The fourth-order valence-corrected chi connectivity index (χ4v) is 9.37. The van der Waals surface area contributed by atoms with Crippen molar-refractivity contribution in [1.29, 1.82) is 0 Å². The summed E-state index contributed by atoms with van der Waals surface area (Å²) in [7, 11) is 0. The van der Waals surface area contributed by atoms with E-state index in [-0.39, 0.29) is 18.9 Å². The molecule has 2 rings (SSSR count). The maximum atomic E-state index is 13.3. The van der Waals surface area contributed by atoms with Crippen LogP contribution in [0.4, 0.5) is 0 Å². The van der Waals surface area contributed by atoms with E-state index in [2.05, 4.69) is 177 Å². The van der Waals surface area contributed by atoms with Crippen LogP contribution < -0.4 is 5.32 Å². The van der Waals surface area contributed by atoms with Gasteiger partial charge in [0.15, 0.2) is 12.6 Å². The third kappa shape index (κ3) is 39.9. The Kier molecular flexibility index (Phi) is 50.0. The number of hydrogen-bond acceptors (Lipinski definition) is 13. The minimum atomic E-state index is -1.80. The van der Waals surface area contributed by atoms with Crippen molar-refractivity contribution in [1.82, 2.24) is 5.32 Å². The molecule has 14 nitrogen and oxygen atoms in total. The largest absolute Gasteiger partial charge is 0.394 e. The first-order valence-electron chi connectivity index (χ1n) is 32.9. The van der Waals surface area contributed by atoms with Crippen molar-refractivity contribution in [2.24, 2.45) is 0 Å². The van der Waals surface area contributed by atoms with E-state index >= 15 is 0 Å². The molecule has 2 saturated heterocycles. The summed E-state index contributed by atoms with van der Waals surface area (Å²) in [5.74, 6) is -0.275. The summed E-state index contributed by atoms with van der Waals surface area (Å²) < 4.78 is 22.7. The molecule has 0 aromatic carbocycles. The van der Waals surface area contributed by atoms with Gasteiger partial charge in [0.2, 0.25) is 5.91 Å². The van der Waals surface area contributed by atoms with Crippen molar-refractivity contribution in [2.75, 3.05) is 19.8 Å². The molecule has 0 aliphatic carbocycles. The van der Waals surface area contributed by atoms with E-state index in [0.717, 1.165) is 141 Å². The van der Waals surface area contributed by atoms with Crippen molar-refractivity contribution in [3.63, 3.8) is 0 Å². The fourth-order valence-electron chi connectivity index (χ4n) is 9.37. The summed E-state index contributed by atoms with van der Waals surface area (Å²) in [5.41, 5.74) is 0. The normalized spacial score (nSPS) is 24.4. The van der Waals surface area contributed by atoms with Gasteiger partial charge < -0.3 is 65.1 Å². The Balaban J connectivity index is 1.63. The molecule has 0 radical (unpaired) electrons. The molecule has 9 N–H and O–H groups in total. The van der Waals surface area contributed by atoms with E-state index in [9.17, 15) is 45.6 Å². The van der Waals surface area contributed by atoms with Gasteiger partial charge in [-0.2, -0.15) is 0 Å². The highest BCUT2D eigenvalue weighted by molar-refractivity contribution is 5.76. The number of unbranched alkanes of at least 4 members (excludes halogenated alkanes) is 11. The number of allylic oxidation sites excluding steroid dienone is 27. The zero-order valence-corrected chi connectivity index (χ0v) is 52.9. The SMILES string of the molecule is CC/C=C\C/C=C\C/C=C\C/C=C\C/C=C\C/C=C\C/C=C\C/C=C\C/C=C\C/C=C\C/C=C\CCCCCCCCCC(=O)NC(COC1OC(CO)C(OC2OC(CO)C(O)C(O)C2O)C(O)C1O)C(O)/C=C/CC/C=C/CC/C=C/CCCC. The van der Waals surface area contributed by atoms with Gasteiger partial charge in [0.25, 0.3) is 0 Å². The van der Waals surface area contributed by atoms with Gasteiger partial charge in [-0.25, -0.2) is 0 Å². The number of hydrogen-bond donors (Lipinski definition) is 9. The van der Waals surface area contributed by atoms with Crippen LogP contribution in [-0.2, 0) is 23.7 Å². The number of carbonyl (C=O) groups is 1. The van der Waals surface area contributed by atoms with Gasteiger partial charge in [0, 0.05) is 6.42 Å². The second-order valence-electron chi connectivity index (χ2n) is 22.1. The van der Waals surface area contributed by atoms with Crippen molar-refractivity contribution in [3.05, 3.63) is 170 Å². The third-order valence-electron chi connectivity index (χ3n) is 14.6. The van der Waals surface area contributed by atoms with E-state index in [1.807, 2.05) is 6.08 Å². The molecule has 2 heterocycles. The first-order chi connectivity index (χ1) is 42.6. The topological polar surface area (TPSA) is 228 Å². The van der Waals surface area contributed by atoms with Crippen LogP contribution in [0.1, 0.15) is 187 Å². The van der Waals surface area contributed by atoms with E-state index in [4.69, 9.17) is 18.9 Å². The van der Waals surface area contributed by atoms with E-state index in [0.29, 0.717) is 12.8 Å². The lowest BCUT2D eigenvalue weighted by molar-refractivity contribution is -0.359. The minimum absolute atomic E-state index is 0.245. The molecule has 0 spiro atoms. The molecule has 2 aliphatic rings. The molecular weight excluding hydrogens is 1100 g/mol. The van der Waals surface area contributed by atoms with Gasteiger partial charge in [-0.15, -0.1) is 0 Å². The van der Waals surface area contributed by atoms with Crippen LogP contribution in [0.2, 0.25) is 0 Å². The molecule has 490 valence electrons. The van der Waals surface area contributed by atoms with Crippen LogP contribution >= 0.6 is 0 Å². The van der Waals surface area contributed by atoms with Gasteiger partial charge in [-0.1, -0.05) is 229 Å². The Morgan fingerprint density at radius 1 is 0.425 bits per heavy atom. The Hall–Kier alpha value is -4.65. The third-order valence-corrected chi connectivity index (χ3v) is 14.6. The highest BCUT2D eigenvalue weighted by Gasteiger charge is 2.51. The van der Waals surface area contributed by atoms with Crippen LogP contribution in [-0.4, -0.2) is 140 Å². The highest BCUT2D eigenvalue weighted by Crippen LogP contribution is 2.30. The van der Waals surface area contributed by atoms with Crippen LogP contribution in [0, 0.1) is 0 Å². The maximum Gasteiger partial charge on any atom is 0.220 e. The number of carbonyl (C=O) groups excluding carboxylic acids is 1. The Bertz CT molecular complexity index is 2110. The molecular formula is C73H115NO13. The van der Waals surface area contributed by atoms with E-state index in [1.165, 1.54) is 12.8 Å². The second-order valence-corrected chi connectivity index (χ2v) is 22.1. The Morgan fingerprint density at radius 2 is 0.805 bits per heavy atom. The van der Waals surface area contributed by atoms with Crippen LogP contribution in [0.15, 0.2) is 170 Å². The van der Waals surface area contributed by atoms with Gasteiger partial charge in [-0.05, 0) is 122 Å². The van der Waals surface area contributed by atoms with E-state index in [1.54, 1.807) is 6.08 Å². The molecule has 2 aliphatic heterocycles. The van der Waals surface area contributed by atoms with Gasteiger partial charge in [-0.3, -0.25) is 4.79 Å². The predicted molar refractivity (Wildman–Crippen MR) is 354 cm³/mol. The summed E-state index contributed by atoms with van der Waals surface area (Å²) in [6, 6.07) is -0.956. The number of aliphatic hydroxyl groups excluding tert-OH is 8. The summed E-state index contributed by atoms with van der Waals surface area (Å²) in [5, 5.41) is 87.0. The Labute approximate surface area is 524 Å². The summed E-state index contributed by atoms with van der Waals surface area (Å²) in [6.45, 7) is 2.56. The molecule has 87 heavy (non-hydrogen) atoms. The summed E-state index contributed by atoms with van der Waals surface area (Å²) >= 11 is 0.